The Labute approximate surface area is 368 Å². The summed E-state index contributed by atoms with van der Waals surface area (Å²) >= 11 is 0. The van der Waals surface area contributed by atoms with E-state index in [-0.39, 0.29) is 19.2 Å². The van der Waals surface area contributed by atoms with Crippen molar-refractivity contribution >= 4 is 13.8 Å². The summed E-state index contributed by atoms with van der Waals surface area (Å²) in [5.74, 6) is -0.352. The summed E-state index contributed by atoms with van der Waals surface area (Å²) in [6.07, 6.45) is 57.0. The summed E-state index contributed by atoms with van der Waals surface area (Å²) in [5.41, 5.74) is 0. The van der Waals surface area contributed by atoms with Gasteiger partial charge in [-0.05, 0) is 12.8 Å². The highest BCUT2D eigenvalue weighted by Gasteiger charge is 2.21. The molecular weight excluding hydrogens is 756 g/mol. The monoisotopic (exact) mass is 859 g/mol. The zero-order valence-electron chi connectivity index (χ0n) is 39.7. The van der Waals surface area contributed by atoms with Gasteiger partial charge in [0.25, 0.3) is 0 Å². The minimum absolute atomic E-state index is 0.0875. The number of carbonyl (C=O) groups is 1. The second kappa shape index (κ2) is 48.6. The normalized spacial score (nSPS) is 12.4. The van der Waals surface area contributed by atoms with Gasteiger partial charge in [-0.25, -0.2) is 4.57 Å². The van der Waals surface area contributed by atoms with E-state index >= 15 is 0 Å². The van der Waals surface area contributed by atoms with Crippen molar-refractivity contribution in [2.45, 2.75) is 302 Å². The van der Waals surface area contributed by atoms with Crippen molar-refractivity contribution in [2.75, 3.05) is 19.8 Å². The molecule has 0 aromatic rings. The van der Waals surface area contributed by atoms with Crippen molar-refractivity contribution < 1.29 is 33.1 Å². The largest absolute Gasteiger partial charge is 0.469 e. The minimum atomic E-state index is -4.65. The van der Waals surface area contributed by atoms with E-state index in [0.29, 0.717) is 13.0 Å². The molecular formula is C51H103O7P. The number of carbonyl (C=O) groups excluding carboxylic acids is 1. The molecule has 1 atom stereocenters. The molecule has 0 aromatic heterocycles. The van der Waals surface area contributed by atoms with Crippen LogP contribution in [0.5, 0.6) is 0 Å². The Bertz CT molecular complexity index is 865. The van der Waals surface area contributed by atoms with Gasteiger partial charge in [0.15, 0.2) is 0 Å². The van der Waals surface area contributed by atoms with E-state index in [4.69, 9.17) is 19.3 Å². The van der Waals surface area contributed by atoms with Crippen LogP contribution in [-0.4, -0.2) is 41.7 Å². The molecule has 0 aliphatic rings. The Morgan fingerprint density at radius 3 is 0.915 bits per heavy atom. The second-order valence-electron chi connectivity index (χ2n) is 18.2. The fourth-order valence-corrected chi connectivity index (χ4v) is 8.63. The Morgan fingerprint density at radius 1 is 0.390 bits per heavy atom. The lowest BCUT2D eigenvalue weighted by atomic mass is 10.0. The molecule has 0 unspecified atom stereocenters. The number of unbranched alkanes of at least 4 members (excludes halogenated alkanes) is 41. The molecule has 2 N–H and O–H groups in total. The molecule has 0 spiro atoms. The molecule has 0 saturated heterocycles. The lowest BCUT2D eigenvalue weighted by molar-refractivity contribution is -0.154. The van der Waals surface area contributed by atoms with Gasteiger partial charge in [-0.1, -0.05) is 277 Å². The van der Waals surface area contributed by atoms with Crippen LogP contribution in [-0.2, 0) is 23.4 Å². The highest BCUT2D eigenvalue weighted by molar-refractivity contribution is 7.46. The van der Waals surface area contributed by atoms with Crippen molar-refractivity contribution in [2.24, 2.45) is 0 Å². The van der Waals surface area contributed by atoms with Crippen LogP contribution >= 0.6 is 7.82 Å². The number of phosphoric ester groups is 1. The third kappa shape index (κ3) is 51.8. The van der Waals surface area contributed by atoms with Crippen LogP contribution < -0.4 is 0 Å². The first-order valence-corrected chi connectivity index (χ1v) is 27.9. The molecule has 0 fully saturated rings. The average Bonchev–Trinajstić information content (AvgIpc) is 3.21. The van der Waals surface area contributed by atoms with Crippen molar-refractivity contribution in [3.8, 4) is 0 Å². The third-order valence-corrected chi connectivity index (χ3v) is 12.6. The predicted molar refractivity (Wildman–Crippen MR) is 253 cm³/mol. The Balaban J connectivity index is 3.63. The van der Waals surface area contributed by atoms with E-state index in [1.807, 2.05) is 0 Å². The smallest absolute Gasteiger partial charge is 0.457 e. The Morgan fingerprint density at radius 2 is 0.644 bits per heavy atom. The van der Waals surface area contributed by atoms with Crippen molar-refractivity contribution in [3.05, 3.63) is 0 Å². The molecule has 0 heterocycles. The van der Waals surface area contributed by atoms with E-state index < -0.39 is 13.9 Å². The highest BCUT2D eigenvalue weighted by atomic mass is 31.2. The summed E-state index contributed by atoms with van der Waals surface area (Å²) in [7, 11) is -4.65. The summed E-state index contributed by atoms with van der Waals surface area (Å²) in [6, 6.07) is 0. The molecule has 7 nitrogen and oxygen atoms in total. The number of phosphoric acid groups is 1. The van der Waals surface area contributed by atoms with Crippen LogP contribution in [0.4, 0.5) is 0 Å². The number of ether oxygens (including phenoxy) is 2. The molecule has 0 aromatic carbocycles. The maximum absolute atomic E-state index is 12.5. The standard InChI is InChI=1S/C51H103O7P/c1-3-5-7-9-11-13-15-17-19-21-23-24-25-26-27-28-29-30-32-34-36-38-40-42-44-46-51(52)58-50(49-57-59(53,54)55)48-56-47-45-43-41-39-37-35-33-31-22-20-18-16-14-12-10-8-6-4-2/h50H,3-49H2,1-2H3,(H2,53,54,55)/t50-/m1/s1. The summed E-state index contributed by atoms with van der Waals surface area (Å²) < 4.78 is 27.2. The van der Waals surface area contributed by atoms with E-state index in [9.17, 15) is 9.36 Å². The number of esters is 1. The summed E-state index contributed by atoms with van der Waals surface area (Å²) in [4.78, 5) is 30.8. The van der Waals surface area contributed by atoms with Crippen molar-refractivity contribution in [1.29, 1.82) is 0 Å². The summed E-state index contributed by atoms with van der Waals surface area (Å²) in [5, 5.41) is 0. The van der Waals surface area contributed by atoms with Crippen LogP contribution in [0.25, 0.3) is 0 Å². The number of hydrogen-bond acceptors (Lipinski definition) is 5. The van der Waals surface area contributed by atoms with Gasteiger partial charge in [0, 0.05) is 13.0 Å². The topological polar surface area (TPSA) is 102 Å². The SMILES string of the molecule is CCCCCCCCCCCCCCCCCCCCCCCCCCCC(=O)O[C@H](COCCCCCCCCCCCCCCCCCCCC)COP(=O)(O)O. The van der Waals surface area contributed by atoms with Gasteiger partial charge < -0.3 is 19.3 Å². The van der Waals surface area contributed by atoms with Gasteiger partial charge >= 0.3 is 13.8 Å². The van der Waals surface area contributed by atoms with E-state index in [1.165, 1.54) is 244 Å². The highest BCUT2D eigenvalue weighted by Crippen LogP contribution is 2.36. The third-order valence-electron chi connectivity index (χ3n) is 12.2. The van der Waals surface area contributed by atoms with E-state index in [0.717, 1.165) is 32.1 Å². The first-order chi connectivity index (χ1) is 28.9. The van der Waals surface area contributed by atoms with Crippen LogP contribution in [0.1, 0.15) is 296 Å². The maximum Gasteiger partial charge on any atom is 0.469 e. The number of hydrogen-bond donors (Lipinski definition) is 2. The van der Waals surface area contributed by atoms with E-state index in [2.05, 4.69) is 18.4 Å². The molecule has 0 aliphatic heterocycles. The second-order valence-corrected chi connectivity index (χ2v) is 19.5. The molecule has 354 valence electrons. The van der Waals surface area contributed by atoms with Gasteiger partial charge in [-0.2, -0.15) is 0 Å². The number of rotatable bonds is 51. The molecule has 0 rings (SSSR count). The molecule has 8 heteroatoms. The van der Waals surface area contributed by atoms with Gasteiger partial charge in [-0.3, -0.25) is 9.32 Å². The quantitative estimate of drug-likeness (QED) is 0.0357. The minimum Gasteiger partial charge on any atom is -0.457 e. The van der Waals surface area contributed by atoms with E-state index in [1.54, 1.807) is 0 Å². The maximum atomic E-state index is 12.5. The zero-order chi connectivity index (χ0) is 43.0. The Kier molecular flexibility index (Phi) is 48.2. The summed E-state index contributed by atoms with van der Waals surface area (Å²) in [6.45, 7) is 4.84. The van der Waals surface area contributed by atoms with Crippen molar-refractivity contribution in [3.63, 3.8) is 0 Å². The predicted octanol–water partition coefficient (Wildman–Crippen LogP) is 17.2. The first kappa shape index (κ1) is 58.5. The van der Waals surface area contributed by atoms with Gasteiger partial charge in [0.2, 0.25) is 0 Å². The lowest BCUT2D eigenvalue weighted by Crippen LogP contribution is -2.28. The van der Waals surface area contributed by atoms with Crippen LogP contribution in [0.3, 0.4) is 0 Å². The fraction of sp³-hybridized carbons (Fsp3) is 0.980. The van der Waals surface area contributed by atoms with Gasteiger partial charge in [-0.15, -0.1) is 0 Å². The van der Waals surface area contributed by atoms with Crippen molar-refractivity contribution in [1.82, 2.24) is 0 Å². The van der Waals surface area contributed by atoms with Gasteiger partial charge in [0.1, 0.15) is 6.10 Å². The zero-order valence-corrected chi connectivity index (χ0v) is 40.6. The molecule has 0 radical (unpaired) electrons. The van der Waals surface area contributed by atoms with Gasteiger partial charge in [0.05, 0.1) is 13.2 Å². The lowest BCUT2D eigenvalue weighted by Gasteiger charge is -2.18. The first-order valence-electron chi connectivity index (χ1n) is 26.4. The molecule has 0 bridgehead atoms. The average molecular weight is 859 g/mol. The molecule has 0 aliphatic carbocycles. The fourth-order valence-electron chi connectivity index (χ4n) is 8.27. The molecule has 59 heavy (non-hydrogen) atoms. The van der Waals surface area contributed by atoms with Crippen LogP contribution in [0.15, 0.2) is 0 Å². The molecule has 0 saturated carbocycles. The van der Waals surface area contributed by atoms with Crippen LogP contribution in [0.2, 0.25) is 0 Å². The Hall–Kier alpha value is -0.460. The van der Waals surface area contributed by atoms with Crippen LogP contribution in [0, 0.1) is 0 Å². The molecule has 0 amide bonds.